The lowest BCUT2D eigenvalue weighted by molar-refractivity contribution is -0.132. The van der Waals surface area contributed by atoms with Crippen LogP contribution in [0.5, 0.6) is 0 Å². The zero-order chi connectivity index (χ0) is 22.8. The van der Waals surface area contributed by atoms with E-state index in [1.165, 1.54) is 41.7 Å². The first-order valence-electron chi connectivity index (χ1n) is 9.28. The van der Waals surface area contributed by atoms with E-state index in [9.17, 15) is 18.0 Å². The molecule has 0 saturated carbocycles. The van der Waals surface area contributed by atoms with Gasteiger partial charge in [-0.05, 0) is 42.9 Å². The summed E-state index contributed by atoms with van der Waals surface area (Å²) < 4.78 is 31.1. The van der Waals surface area contributed by atoms with Gasteiger partial charge in [0.2, 0.25) is 0 Å². The SMILES string of the molecule is CN1C(=O)C(=C/C=C/C=C2/Sc3ccccc3N2CCCS(=O)(=O)O)C(=O)N(C)C1=S. The highest BCUT2D eigenvalue weighted by Crippen LogP contribution is 2.45. The van der Waals surface area contributed by atoms with E-state index in [-0.39, 0.29) is 22.9 Å². The van der Waals surface area contributed by atoms with Crippen molar-refractivity contribution in [3.63, 3.8) is 0 Å². The number of allylic oxidation sites excluding steroid dienone is 4. The van der Waals surface area contributed by atoms with E-state index in [0.29, 0.717) is 6.54 Å². The molecule has 1 fully saturated rings. The molecule has 2 aliphatic rings. The van der Waals surface area contributed by atoms with Crippen LogP contribution in [-0.4, -0.2) is 66.1 Å². The third kappa shape index (κ3) is 5.24. The summed E-state index contributed by atoms with van der Waals surface area (Å²) in [5.74, 6) is -1.24. The maximum Gasteiger partial charge on any atom is 0.265 e. The molecule has 2 heterocycles. The van der Waals surface area contributed by atoms with Gasteiger partial charge in [-0.3, -0.25) is 23.9 Å². The van der Waals surface area contributed by atoms with Crippen LogP contribution in [0.4, 0.5) is 5.69 Å². The fourth-order valence-electron chi connectivity index (χ4n) is 3.10. The Morgan fingerprint density at radius 2 is 1.68 bits per heavy atom. The van der Waals surface area contributed by atoms with E-state index in [2.05, 4.69) is 0 Å². The van der Waals surface area contributed by atoms with Crippen molar-refractivity contribution in [2.24, 2.45) is 0 Å². The minimum Gasteiger partial charge on any atom is -0.335 e. The van der Waals surface area contributed by atoms with Gasteiger partial charge in [0, 0.05) is 25.5 Å². The molecule has 3 rings (SSSR count). The molecule has 0 unspecified atom stereocenters. The molecule has 1 aromatic carbocycles. The van der Waals surface area contributed by atoms with Crippen molar-refractivity contribution < 1.29 is 22.6 Å². The molecule has 0 atom stereocenters. The first kappa shape index (κ1) is 23.2. The Hall–Kier alpha value is -2.47. The summed E-state index contributed by atoms with van der Waals surface area (Å²) in [7, 11) is -0.987. The number of carbonyl (C=O) groups excluding carboxylic acids is 2. The second kappa shape index (κ2) is 9.35. The van der Waals surface area contributed by atoms with E-state index < -0.39 is 21.9 Å². The summed E-state index contributed by atoms with van der Waals surface area (Å²) >= 11 is 6.59. The lowest BCUT2D eigenvalue weighted by Gasteiger charge is -2.31. The summed E-state index contributed by atoms with van der Waals surface area (Å²) in [6, 6.07) is 7.73. The van der Waals surface area contributed by atoms with Gasteiger partial charge in [0.1, 0.15) is 5.57 Å². The van der Waals surface area contributed by atoms with Crippen molar-refractivity contribution >= 4 is 56.7 Å². The van der Waals surface area contributed by atoms with E-state index >= 15 is 0 Å². The van der Waals surface area contributed by atoms with Crippen molar-refractivity contribution in [1.29, 1.82) is 0 Å². The van der Waals surface area contributed by atoms with Gasteiger partial charge in [0.15, 0.2) is 5.11 Å². The van der Waals surface area contributed by atoms with Crippen LogP contribution in [0.25, 0.3) is 0 Å². The Kier molecular flexibility index (Phi) is 6.99. The highest BCUT2D eigenvalue weighted by Gasteiger charge is 2.34. The third-order valence-corrected chi connectivity index (χ3v) is 7.16. The van der Waals surface area contributed by atoms with Gasteiger partial charge >= 0.3 is 0 Å². The highest BCUT2D eigenvalue weighted by atomic mass is 32.2. The molecule has 2 aliphatic heterocycles. The van der Waals surface area contributed by atoms with Gasteiger partial charge in [0.05, 0.1) is 16.5 Å². The van der Waals surface area contributed by atoms with E-state index in [0.717, 1.165) is 15.6 Å². The van der Waals surface area contributed by atoms with Gasteiger partial charge < -0.3 is 4.90 Å². The number of hydrogen-bond acceptors (Lipinski definition) is 7. The molecule has 0 aliphatic carbocycles. The number of likely N-dealkylation sites (N-methyl/N-ethyl adjacent to an activating group) is 2. The van der Waals surface area contributed by atoms with Crippen molar-refractivity contribution in [1.82, 2.24) is 9.80 Å². The van der Waals surface area contributed by atoms with Gasteiger partial charge in [-0.15, -0.1) is 0 Å². The number of fused-ring (bicyclic) bond motifs is 1. The summed E-state index contributed by atoms with van der Waals surface area (Å²) in [5.41, 5.74) is 0.968. The molecule has 2 amide bonds. The first-order chi connectivity index (χ1) is 14.6. The average Bonchev–Trinajstić information content (AvgIpc) is 3.07. The first-order valence-corrected chi connectivity index (χ1v) is 12.1. The molecule has 0 aromatic heterocycles. The maximum atomic E-state index is 12.3. The molecule has 0 bridgehead atoms. The fourth-order valence-corrected chi connectivity index (χ4v) is 4.86. The van der Waals surface area contributed by atoms with Crippen LogP contribution in [0.15, 0.2) is 64.1 Å². The van der Waals surface area contributed by atoms with Crippen LogP contribution in [0.3, 0.4) is 0 Å². The smallest absolute Gasteiger partial charge is 0.265 e. The van der Waals surface area contributed by atoms with E-state index in [4.69, 9.17) is 16.8 Å². The van der Waals surface area contributed by atoms with Crippen LogP contribution < -0.4 is 4.90 Å². The summed E-state index contributed by atoms with van der Waals surface area (Å²) in [4.78, 5) is 30.2. The number of hydrogen-bond donors (Lipinski definition) is 1. The standard InChI is InChI=1S/C20H21N3O5S3/c1-21-18(24)14(19(25)22(2)20(21)29)8-3-6-11-17-23(12-7-13-31(26,27)28)15-9-4-5-10-16(15)30-17/h3-6,8-11H,7,12-13H2,1-2H3,(H,26,27,28)/b6-3+,17-11+. The Bertz CT molecular complexity index is 1100. The topological polar surface area (TPSA) is 98.2 Å². The largest absolute Gasteiger partial charge is 0.335 e. The van der Waals surface area contributed by atoms with E-state index in [1.807, 2.05) is 35.2 Å². The molecule has 0 radical (unpaired) electrons. The number of para-hydroxylation sites is 1. The minimum absolute atomic E-state index is 0.0145. The van der Waals surface area contributed by atoms with Gasteiger partial charge in [-0.25, -0.2) is 0 Å². The lowest BCUT2D eigenvalue weighted by Crippen LogP contribution is -2.52. The molecule has 1 aromatic rings. The normalized spacial score (nSPS) is 18.5. The predicted molar refractivity (Wildman–Crippen MR) is 124 cm³/mol. The Morgan fingerprint density at radius 1 is 1.06 bits per heavy atom. The molecule has 31 heavy (non-hydrogen) atoms. The number of benzene rings is 1. The molecule has 11 heteroatoms. The van der Waals surface area contributed by atoms with Crippen molar-refractivity contribution in [2.45, 2.75) is 11.3 Å². The number of thiocarbonyl (C=S) groups is 1. The fraction of sp³-hybridized carbons (Fsp3) is 0.250. The molecule has 1 saturated heterocycles. The Balaban J connectivity index is 1.79. The van der Waals surface area contributed by atoms with Crippen molar-refractivity contribution in [3.8, 4) is 0 Å². The van der Waals surface area contributed by atoms with Gasteiger partial charge in [0.25, 0.3) is 21.9 Å². The van der Waals surface area contributed by atoms with Crippen LogP contribution in [0.1, 0.15) is 6.42 Å². The summed E-state index contributed by atoms with van der Waals surface area (Å²) in [6.45, 7) is 0.411. The molecule has 0 spiro atoms. The zero-order valence-corrected chi connectivity index (χ0v) is 19.3. The number of thioether (sulfide) groups is 1. The van der Waals surface area contributed by atoms with Gasteiger partial charge in [-0.2, -0.15) is 8.42 Å². The summed E-state index contributed by atoms with van der Waals surface area (Å²) in [5, 5.41) is 1.02. The quantitative estimate of drug-likeness (QED) is 0.288. The molecule has 8 nitrogen and oxygen atoms in total. The van der Waals surface area contributed by atoms with E-state index in [1.54, 1.807) is 12.2 Å². The lowest BCUT2D eigenvalue weighted by atomic mass is 10.1. The van der Waals surface area contributed by atoms with Gasteiger partial charge in [-0.1, -0.05) is 36.0 Å². The zero-order valence-electron chi connectivity index (χ0n) is 16.9. The number of carbonyl (C=O) groups is 2. The molecular formula is C20H21N3O5S3. The maximum absolute atomic E-state index is 12.3. The number of anilines is 1. The molecular weight excluding hydrogens is 458 g/mol. The number of rotatable bonds is 6. The average molecular weight is 480 g/mol. The van der Waals surface area contributed by atoms with Crippen LogP contribution in [0.2, 0.25) is 0 Å². The monoisotopic (exact) mass is 479 g/mol. The second-order valence-corrected chi connectivity index (χ2v) is 9.84. The van der Waals surface area contributed by atoms with Crippen LogP contribution in [-0.2, 0) is 19.7 Å². The number of amides is 2. The van der Waals surface area contributed by atoms with Crippen molar-refractivity contribution in [2.75, 3.05) is 31.3 Å². The van der Waals surface area contributed by atoms with Crippen molar-refractivity contribution in [3.05, 3.63) is 59.2 Å². The Labute approximate surface area is 190 Å². The number of nitrogens with zero attached hydrogens (tertiary/aromatic N) is 3. The molecule has 164 valence electrons. The summed E-state index contributed by atoms with van der Waals surface area (Å²) in [6.07, 6.45) is 6.86. The highest BCUT2D eigenvalue weighted by molar-refractivity contribution is 8.03. The predicted octanol–water partition coefficient (Wildman–Crippen LogP) is 2.42. The second-order valence-electron chi connectivity index (χ2n) is 6.84. The third-order valence-electron chi connectivity index (χ3n) is 4.68. The molecule has 1 N–H and O–H groups in total. The minimum atomic E-state index is -4.02. The Morgan fingerprint density at radius 3 is 2.32 bits per heavy atom. The van der Waals surface area contributed by atoms with Crippen LogP contribution in [0, 0.1) is 0 Å². The van der Waals surface area contributed by atoms with Crippen LogP contribution >= 0.6 is 24.0 Å².